The molecule has 0 aromatic rings. The second-order valence-electron chi connectivity index (χ2n) is 3.76. The third-order valence-corrected chi connectivity index (χ3v) is 2.83. The fraction of sp³-hybridized carbons (Fsp3) is 0.889. The average molecular weight is 200 g/mol. The van der Waals surface area contributed by atoms with Crippen molar-refractivity contribution >= 4 is 5.91 Å². The minimum absolute atomic E-state index is 0.0494. The van der Waals surface area contributed by atoms with E-state index < -0.39 is 0 Å². The molecular formula is C9H16N2O3. The number of rotatable bonds is 1. The highest BCUT2D eigenvalue weighted by atomic mass is 16.5. The van der Waals surface area contributed by atoms with Gasteiger partial charge in [0.1, 0.15) is 6.04 Å². The maximum Gasteiger partial charge on any atom is 0.242 e. The van der Waals surface area contributed by atoms with Gasteiger partial charge in [-0.05, 0) is 12.8 Å². The van der Waals surface area contributed by atoms with E-state index in [0.29, 0.717) is 32.8 Å². The number of morpholine rings is 1. The van der Waals surface area contributed by atoms with E-state index >= 15 is 0 Å². The van der Waals surface area contributed by atoms with Gasteiger partial charge < -0.3 is 14.8 Å². The molecule has 0 aromatic carbocycles. The fourth-order valence-corrected chi connectivity index (χ4v) is 2.00. The molecule has 1 N–H and O–H groups in total. The summed E-state index contributed by atoms with van der Waals surface area (Å²) < 4.78 is 5.17. The lowest BCUT2D eigenvalue weighted by Crippen LogP contribution is -2.48. The van der Waals surface area contributed by atoms with Gasteiger partial charge in [-0.15, -0.1) is 0 Å². The molecule has 2 aliphatic heterocycles. The number of ether oxygens (including phenoxy) is 1. The summed E-state index contributed by atoms with van der Waals surface area (Å²) in [4.78, 5) is 13.7. The highest BCUT2D eigenvalue weighted by Gasteiger charge is 2.33. The van der Waals surface area contributed by atoms with Crippen LogP contribution in [0.3, 0.4) is 0 Å². The SMILES string of the molecule is O=C([C@@H]1CCCN1O)N1CCOCC1. The fourth-order valence-electron chi connectivity index (χ4n) is 2.00. The Kier molecular flexibility index (Phi) is 3.00. The van der Waals surface area contributed by atoms with Crippen LogP contribution in [0.15, 0.2) is 0 Å². The predicted molar refractivity (Wildman–Crippen MR) is 48.9 cm³/mol. The Morgan fingerprint density at radius 1 is 1.29 bits per heavy atom. The van der Waals surface area contributed by atoms with Gasteiger partial charge in [0.2, 0.25) is 5.91 Å². The Hall–Kier alpha value is -0.650. The maximum atomic E-state index is 11.9. The molecule has 0 saturated carbocycles. The average Bonchev–Trinajstić information content (AvgIpc) is 2.65. The maximum absolute atomic E-state index is 11.9. The summed E-state index contributed by atoms with van der Waals surface area (Å²) in [6, 6.07) is -0.312. The molecule has 0 aliphatic carbocycles. The summed E-state index contributed by atoms with van der Waals surface area (Å²) in [6.45, 7) is 3.15. The molecule has 0 unspecified atom stereocenters. The minimum Gasteiger partial charge on any atom is -0.378 e. The number of carbonyl (C=O) groups excluding carboxylic acids is 1. The van der Waals surface area contributed by atoms with E-state index in [2.05, 4.69) is 0 Å². The largest absolute Gasteiger partial charge is 0.378 e. The van der Waals surface area contributed by atoms with Crippen LogP contribution in [0.5, 0.6) is 0 Å². The molecule has 1 amide bonds. The minimum atomic E-state index is -0.312. The number of amides is 1. The van der Waals surface area contributed by atoms with Crippen LogP contribution in [0.4, 0.5) is 0 Å². The molecule has 0 bridgehead atoms. The molecule has 80 valence electrons. The number of carbonyl (C=O) groups is 1. The Morgan fingerprint density at radius 2 is 2.00 bits per heavy atom. The molecular weight excluding hydrogens is 184 g/mol. The summed E-state index contributed by atoms with van der Waals surface area (Å²) in [5.41, 5.74) is 0. The predicted octanol–water partition coefficient (Wildman–Crippen LogP) is -0.301. The van der Waals surface area contributed by atoms with E-state index in [-0.39, 0.29) is 11.9 Å². The van der Waals surface area contributed by atoms with E-state index in [9.17, 15) is 10.0 Å². The van der Waals surface area contributed by atoms with Gasteiger partial charge in [-0.25, -0.2) is 0 Å². The van der Waals surface area contributed by atoms with Gasteiger partial charge in [-0.1, -0.05) is 0 Å². The molecule has 0 radical (unpaired) electrons. The highest BCUT2D eigenvalue weighted by Crippen LogP contribution is 2.17. The molecule has 5 nitrogen and oxygen atoms in total. The first-order valence-corrected chi connectivity index (χ1v) is 5.11. The third-order valence-electron chi connectivity index (χ3n) is 2.83. The molecule has 0 spiro atoms. The third kappa shape index (κ3) is 1.89. The van der Waals surface area contributed by atoms with Crippen LogP contribution in [0.25, 0.3) is 0 Å². The lowest BCUT2D eigenvalue weighted by atomic mass is 10.2. The Labute approximate surface area is 83.2 Å². The molecule has 0 aromatic heterocycles. The van der Waals surface area contributed by atoms with Crippen LogP contribution in [0.1, 0.15) is 12.8 Å². The summed E-state index contributed by atoms with van der Waals surface area (Å²) in [5, 5.41) is 10.6. The second-order valence-corrected chi connectivity index (χ2v) is 3.76. The molecule has 2 aliphatic rings. The van der Waals surface area contributed by atoms with Gasteiger partial charge in [-0.3, -0.25) is 4.79 Å². The number of hydroxylamine groups is 2. The van der Waals surface area contributed by atoms with Crippen molar-refractivity contribution in [3.8, 4) is 0 Å². The summed E-state index contributed by atoms with van der Waals surface area (Å²) in [7, 11) is 0. The first kappa shape index (κ1) is 9.89. The van der Waals surface area contributed by atoms with Crippen molar-refractivity contribution in [1.29, 1.82) is 0 Å². The van der Waals surface area contributed by atoms with Crippen LogP contribution in [0, 0.1) is 0 Å². The molecule has 5 heteroatoms. The van der Waals surface area contributed by atoms with Crippen molar-refractivity contribution in [2.75, 3.05) is 32.8 Å². The molecule has 2 rings (SSSR count). The quantitative estimate of drug-likeness (QED) is 0.631. The van der Waals surface area contributed by atoms with Gasteiger partial charge in [0.05, 0.1) is 13.2 Å². The van der Waals surface area contributed by atoms with Crippen LogP contribution in [-0.4, -0.2) is 60.0 Å². The topological polar surface area (TPSA) is 53.0 Å². The van der Waals surface area contributed by atoms with Gasteiger partial charge in [0, 0.05) is 19.6 Å². The normalized spacial score (nSPS) is 29.5. The van der Waals surface area contributed by atoms with Gasteiger partial charge in [0.15, 0.2) is 0 Å². The zero-order chi connectivity index (χ0) is 9.97. The van der Waals surface area contributed by atoms with E-state index in [4.69, 9.17) is 4.74 Å². The first-order valence-electron chi connectivity index (χ1n) is 5.11. The van der Waals surface area contributed by atoms with Gasteiger partial charge in [0.25, 0.3) is 0 Å². The van der Waals surface area contributed by atoms with Gasteiger partial charge >= 0.3 is 0 Å². The molecule has 2 heterocycles. The Balaban J connectivity index is 1.92. The van der Waals surface area contributed by atoms with Crippen molar-refractivity contribution in [1.82, 2.24) is 9.96 Å². The second kappa shape index (κ2) is 4.25. The van der Waals surface area contributed by atoms with Crippen molar-refractivity contribution in [3.63, 3.8) is 0 Å². The highest BCUT2D eigenvalue weighted by molar-refractivity contribution is 5.82. The molecule has 14 heavy (non-hydrogen) atoms. The summed E-state index contributed by atoms with van der Waals surface area (Å²) >= 11 is 0. The van der Waals surface area contributed by atoms with E-state index in [0.717, 1.165) is 17.9 Å². The van der Waals surface area contributed by atoms with Crippen molar-refractivity contribution in [3.05, 3.63) is 0 Å². The smallest absolute Gasteiger partial charge is 0.242 e. The van der Waals surface area contributed by atoms with Crippen LogP contribution in [-0.2, 0) is 9.53 Å². The number of hydrogen-bond acceptors (Lipinski definition) is 4. The Morgan fingerprint density at radius 3 is 2.57 bits per heavy atom. The van der Waals surface area contributed by atoms with Crippen LogP contribution in [0.2, 0.25) is 0 Å². The van der Waals surface area contributed by atoms with Crippen LogP contribution < -0.4 is 0 Å². The van der Waals surface area contributed by atoms with Crippen molar-refractivity contribution in [2.24, 2.45) is 0 Å². The van der Waals surface area contributed by atoms with E-state index in [1.165, 1.54) is 0 Å². The number of nitrogens with zero attached hydrogens (tertiary/aromatic N) is 2. The first-order chi connectivity index (χ1) is 6.79. The zero-order valence-electron chi connectivity index (χ0n) is 8.19. The molecule has 2 saturated heterocycles. The Bertz CT molecular complexity index is 216. The van der Waals surface area contributed by atoms with Gasteiger partial charge in [-0.2, -0.15) is 5.06 Å². The standard InChI is InChI=1S/C9H16N2O3/c12-9(8-2-1-3-11(8)13)10-4-6-14-7-5-10/h8,13H,1-7H2/t8-/m0/s1. The monoisotopic (exact) mass is 200 g/mol. The lowest BCUT2D eigenvalue weighted by Gasteiger charge is -2.30. The van der Waals surface area contributed by atoms with Crippen LogP contribution >= 0.6 is 0 Å². The zero-order valence-corrected chi connectivity index (χ0v) is 8.19. The van der Waals surface area contributed by atoms with Crippen molar-refractivity contribution in [2.45, 2.75) is 18.9 Å². The summed E-state index contributed by atoms with van der Waals surface area (Å²) in [6.07, 6.45) is 1.67. The molecule has 1 atom stereocenters. The summed E-state index contributed by atoms with van der Waals surface area (Å²) in [5.74, 6) is 0.0494. The van der Waals surface area contributed by atoms with E-state index in [1.807, 2.05) is 0 Å². The van der Waals surface area contributed by atoms with Crippen molar-refractivity contribution < 1.29 is 14.7 Å². The lowest BCUT2D eigenvalue weighted by molar-refractivity contribution is -0.158. The number of hydrogen-bond donors (Lipinski definition) is 1. The van der Waals surface area contributed by atoms with E-state index in [1.54, 1.807) is 4.90 Å². The molecule has 2 fully saturated rings.